The lowest BCUT2D eigenvalue weighted by Gasteiger charge is -2.25. The second-order valence-corrected chi connectivity index (χ2v) is 7.55. The quantitative estimate of drug-likeness (QED) is 0.868. The Hall–Kier alpha value is -1.92. The molecule has 5 nitrogen and oxygen atoms in total. The van der Waals surface area contributed by atoms with E-state index in [4.69, 9.17) is 0 Å². The van der Waals surface area contributed by atoms with Gasteiger partial charge in [-0.25, -0.2) is 0 Å². The molecule has 0 radical (unpaired) electrons. The maximum absolute atomic E-state index is 12.5. The lowest BCUT2D eigenvalue weighted by Crippen LogP contribution is -2.34. The van der Waals surface area contributed by atoms with Crippen molar-refractivity contribution in [1.82, 2.24) is 14.8 Å². The summed E-state index contributed by atoms with van der Waals surface area (Å²) < 4.78 is 0. The third kappa shape index (κ3) is 3.03. The molecule has 0 bridgehead atoms. The minimum atomic E-state index is 0.00689. The Morgan fingerprint density at radius 2 is 2.04 bits per heavy atom. The number of H-pyrrole nitrogens is 1. The second-order valence-electron chi connectivity index (χ2n) is 6.55. The summed E-state index contributed by atoms with van der Waals surface area (Å²) in [4.78, 5) is 33.4. The van der Waals surface area contributed by atoms with Gasteiger partial charge in [0.1, 0.15) is 5.69 Å². The lowest BCUT2D eigenvalue weighted by atomic mass is 10.1. The number of carbonyl (C=O) groups is 2. The highest BCUT2D eigenvalue weighted by Crippen LogP contribution is 2.24. The van der Waals surface area contributed by atoms with Crippen LogP contribution in [0, 0.1) is 0 Å². The summed E-state index contributed by atoms with van der Waals surface area (Å²) >= 11 is 1.80. The summed E-state index contributed by atoms with van der Waals surface area (Å²) in [6.07, 6.45) is 4.83. The molecule has 4 rings (SSSR count). The zero-order chi connectivity index (χ0) is 16.5. The smallest absolute Gasteiger partial charge is 0.270 e. The van der Waals surface area contributed by atoms with E-state index < -0.39 is 0 Å². The molecule has 6 heteroatoms. The molecule has 2 aromatic heterocycles. The standard InChI is InChI=1S/C18H21N3O2S/c22-16(12-20-7-3-17-13(11-20)4-8-24-17)14-9-15(19-10-14)18(23)21-5-1-2-6-21/h4,8-10,19H,1-3,5-7,11-12H2. The number of hydrogen-bond acceptors (Lipinski definition) is 4. The molecule has 0 aromatic carbocycles. The lowest BCUT2D eigenvalue weighted by molar-refractivity contribution is 0.0787. The highest BCUT2D eigenvalue weighted by Gasteiger charge is 2.23. The Kier molecular flexibility index (Phi) is 4.24. The number of rotatable bonds is 4. The largest absolute Gasteiger partial charge is 0.356 e. The molecule has 0 unspecified atom stereocenters. The first kappa shape index (κ1) is 15.6. The van der Waals surface area contributed by atoms with Crippen molar-refractivity contribution in [3.63, 3.8) is 0 Å². The van der Waals surface area contributed by atoms with Crippen LogP contribution in [0.4, 0.5) is 0 Å². The fourth-order valence-corrected chi connectivity index (χ4v) is 4.40. The number of aromatic nitrogens is 1. The third-order valence-electron chi connectivity index (χ3n) is 4.88. The number of aromatic amines is 1. The number of ketones is 1. The average molecular weight is 343 g/mol. The fourth-order valence-electron chi connectivity index (χ4n) is 3.51. The molecule has 2 aliphatic heterocycles. The first-order valence-electron chi connectivity index (χ1n) is 8.49. The van der Waals surface area contributed by atoms with Gasteiger partial charge in [0.05, 0.1) is 6.54 Å². The van der Waals surface area contributed by atoms with Gasteiger partial charge in [0.2, 0.25) is 0 Å². The van der Waals surface area contributed by atoms with E-state index in [0.29, 0.717) is 17.8 Å². The van der Waals surface area contributed by atoms with Crippen molar-refractivity contribution in [3.8, 4) is 0 Å². The van der Waals surface area contributed by atoms with E-state index in [1.54, 1.807) is 23.6 Å². The molecule has 2 aliphatic rings. The molecule has 0 atom stereocenters. The predicted octanol–water partition coefficient (Wildman–Crippen LogP) is 2.55. The summed E-state index contributed by atoms with van der Waals surface area (Å²) in [6, 6.07) is 3.86. The topological polar surface area (TPSA) is 56.4 Å². The van der Waals surface area contributed by atoms with Gasteiger partial charge >= 0.3 is 0 Å². The molecule has 1 amide bonds. The molecule has 2 aromatic rings. The summed E-state index contributed by atoms with van der Waals surface area (Å²) in [7, 11) is 0. The van der Waals surface area contributed by atoms with Crippen LogP contribution in [0.1, 0.15) is 44.1 Å². The van der Waals surface area contributed by atoms with Gasteiger partial charge in [0.25, 0.3) is 5.91 Å². The number of carbonyl (C=O) groups excluding carboxylic acids is 2. The van der Waals surface area contributed by atoms with Gasteiger partial charge in [-0.15, -0.1) is 11.3 Å². The van der Waals surface area contributed by atoms with Crippen LogP contribution in [0.5, 0.6) is 0 Å². The summed E-state index contributed by atoms with van der Waals surface area (Å²) in [5.74, 6) is 0.0813. The Morgan fingerprint density at radius 3 is 2.88 bits per heavy atom. The molecule has 126 valence electrons. The van der Waals surface area contributed by atoms with Crippen molar-refractivity contribution in [2.24, 2.45) is 0 Å². The van der Waals surface area contributed by atoms with Gasteiger partial charge in [0, 0.05) is 42.8 Å². The molecule has 1 saturated heterocycles. The van der Waals surface area contributed by atoms with Crippen molar-refractivity contribution >= 4 is 23.0 Å². The van der Waals surface area contributed by atoms with Crippen LogP contribution in [-0.4, -0.2) is 52.7 Å². The van der Waals surface area contributed by atoms with Gasteiger partial charge < -0.3 is 9.88 Å². The molecular weight excluding hydrogens is 322 g/mol. The predicted molar refractivity (Wildman–Crippen MR) is 93.6 cm³/mol. The van der Waals surface area contributed by atoms with Crippen molar-refractivity contribution in [2.45, 2.75) is 25.8 Å². The second kappa shape index (κ2) is 6.53. The number of nitrogens with one attached hydrogen (secondary N) is 1. The molecule has 0 saturated carbocycles. The number of hydrogen-bond donors (Lipinski definition) is 1. The zero-order valence-electron chi connectivity index (χ0n) is 13.6. The van der Waals surface area contributed by atoms with Crippen LogP contribution in [0.15, 0.2) is 23.7 Å². The van der Waals surface area contributed by atoms with Crippen LogP contribution in [0.25, 0.3) is 0 Å². The maximum Gasteiger partial charge on any atom is 0.270 e. The molecule has 1 fully saturated rings. The minimum Gasteiger partial charge on any atom is -0.356 e. The van der Waals surface area contributed by atoms with Crippen molar-refractivity contribution in [3.05, 3.63) is 45.4 Å². The third-order valence-corrected chi connectivity index (χ3v) is 5.91. The number of Topliss-reactive ketones (excluding diaryl/α,β-unsaturated/α-hetero) is 1. The number of amides is 1. The van der Waals surface area contributed by atoms with E-state index in [1.165, 1.54) is 10.4 Å². The van der Waals surface area contributed by atoms with Crippen molar-refractivity contribution < 1.29 is 9.59 Å². The maximum atomic E-state index is 12.5. The van der Waals surface area contributed by atoms with Crippen LogP contribution < -0.4 is 0 Å². The van der Waals surface area contributed by atoms with Gasteiger partial charge in [-0.2, -0.15) is 0 Å². The van der Waals surface area contributed by atoms with Crippen LogP contribution in [-0.2, 0) is 13.0 Å². The number of nitrogens with zero attached hydrogens (tertiary/aromatic N) is 2. The van der Waals surface area contributed by atoms with E-state index in [-0.39, 0.29) is 11.7 Å². The van der Waals surface area contributed by atoms with E-state index in [0.717, 1.165) is 45.4 Å². The molecule has 0 aliphatic carbocycles. The first-order chi connectivity index (χ1) is 11.7. The van der Waals surface area contributed by atoms with Crippen molar-refractivity contribution in [2.75, 3.05) is 26.2 Å². The summed E-state index contributed by atoms with van der Waals surface area (Å²) in [5.41, 5.74) is 2.48. The van der Waals surface area contributed by atoms with Crippen LogP contribution >= 0.6 is 11.3 Å². The highest BCUT2D eigenvalue weighted by molar-refractivity contribution is 7.10. The number of fused-ring (bicyclic) bond motifs is 1. The highest BCUT2D eigenvalue weighted by atomic mass is 32.1. The zero-order valence-corrected chi connectivity index (χ0v) is 14.4. The molecule has 4 heterocycles. The van der Waals surface area contributed by atoms with Crippen molar-refractivity contribution in [1.29, 1.82) is 0 Å². The number of thiophene rings is 1. The molecule has 1 N–H and O–H groups in total. The molecule has 24 heavy (non-hydrogen) atoms. The van der Waals surface area contributed by atoms with Gasteiger partial charge in [-0.3, -0.25) is 14.5 Å². The summed E-state index contributed by atoms with van der Waals surface area (Å²) in [6.45, 7) is 3.80. The number of likely N-dealkylation sites (tertiary alicyclic amines) is 1. The molecular formula is C18H21N3O2S. The van der Waals surface area contributed by atoms with E-state index in [1.807, 2.05) is 4.90 Å². The van der Waals surface area contributed by atoms with Crippen LogP contribution in [0.2, 0.25) is 0 Å². The monoisotopic (exact) mass is 343 g/mol. The fraction of sp³-hybridized carbons (Fsp3) is 0.444. The Morgan fingerprint density at radius 1 is 1.21 bits per heavy atom. The van der Waals surface area contributed by atoms with E-state index in [9.17, 15) is 9.59 Å². The van der Waals surface area contributed by atoms with Gasteiger partial charge in [0.15, 0.2) is 5.78 Å². The van der Waals surface area contributed by atoms with Gasteiger partial charge in [-0.1, -0.05) is 0 Å². The van der Waals surface area contributed by atoms with Crippen LogP contribution in [0.3, 0.4) is 0 Å². The first-order valence-corrected chi connectivity index (χ1v) is 9.37. The Bertz CT molecular complexity index is 758. The Labute approximate surface area is 145 Å². The normalized spacial score (nSPS) is 17.9. The Balaban J connectivity index is 1.39. The van der Waals surface area contributed by atoms with E-state index in [2.05, 4.69) is 21.3 Å². The SMILES string of the molecule is O=C(CN1CCc2sccc2C1)c1c[nH]c(C(=O)N2CCCC2)c1. The van der Waals surface area contributed by atoms with Gasteiger partial charge in [-0.05, 0) is 42.3 Å². The molecule has 0 spiro atoms. The van der Waals surface area contributed by atoms with E-state index >= 15 is 0 Å². The summed E-state index contributed by atoms with van der Waals surface area (Å²) in [5, 5.41) is 2.12. The minimum absolute atomic E-state index is 0.00689. The average Bonchev–Trinajstić information content (AvgIpc) is 3.33.